The fraction of sp³-hybridized carbons (Fsp3) is 0.600. The first kappa shape index (κ1) is 9.15. The zero-order valence-corrected chi connectivity index (χ0v) is 9.33. The van der Waals surface area contributed by atoms with Crippen LogP contribution in [0.15, 0.2) is 5.38 Å². The second-order valence-electron chi connectivity index (χ2n) is 4.16. The van der Waals surface area contributed by atoms with E-state index in [1.165, 1.54) is 32.1 Å². The minimum Gasteiger partial charge on any atom is -0.383 e. The molecule has 1 fully saturated rings. The molecule has 0 bridgehead atoms. The van der Waals surface area contributed by atoms with Crippen molar-refractivity contribution < 1.29 is 0 Å². The molecule has 2 N–H and O–H groups in total. The Bertz CT molecular complexity index is 467. The van der Waals surface area contributed by atoms with Crippen molar-refractivity contribution >= 4 is 22.1 Å². The van der Waals surface area contributed by atoms with Crippen molar-refractivity contribution in [3.63, 3.8) is 0 Å². The predicted molar refractivity (Wildman–Crippen MR) is 61.1 cm³/mol. The first-order valence-electron chi connectivity index (χ1n) is 5.44. The molecule has 5 heteroatoms. The molecular formula is C10H14N4S. The number of nitrogens with zero attached hydrogens (tertiary/aromatic N) is 3. The summed E-state index contributed by atoms with van der Waals surface area (Å²) in [6, 6.07) is 0. The van der Waals surface area contributed by atoms with Gasteiger partial charge in [-0.15, -0.1) is 16.4 Å². The summed E-state index contributed by atoms with van der Waals surface area (Å²) in [5, 5.41) is 6.38. The third-order valence-corrected chi connectivity index (χ3v) is 3.93. The first-order chi connectivity index (χ1) is 7.34. The maximum Gasteiger partial charge on any atom is 0.214 e. The van der Waals surface area contributed by atoms with Crippen LogP contribution in [0.3, 0.4) is 0 Å². The molecular weight excluding hydrogens is 208 g/mol. The number of aromatic nitrogens is 3. The van der Waals surface area contributed by atoms with Crippen LogP contribution in [0, 0.1) is 0 Å². The monoisotopic (exact) mass is 222 g/mol. The van der Waals surface area contributed by atoms with Crippen molar-refractivity contribution in [2.24, 2.45) is 0 Å². The van der Waals surface area contributed by atoms with Crippen LogP contribution < -0.4 is 5.73 Å². The molecule has 0 radical (unpaired) electrons. The Hall–Kier alpha value is -1.10. The van der Waals surface area contributed by atoms with E-state index < -0.39 is 0 Å². The molecule has 2 aromatic heterocycles. The number of fused-ring (bicyclic) bond motifs is 1. The van der Waals surface area contributed by atoms with Crippen molar-refractivity contribution in [3.8, 4) is 0 Å². The van der Waals surface area contributed by atoms with Crippen molar-refractivity contribution in [1.82, 2.24) is 14.6 Å². The lowest BCUT2D eigenvalue weighted by Gasteiger charge is -2.17. The van der Waals surface area contributed by atoms with Gasteiger partial charge in [0, 0.05) is 11.3 Å². The lowest BCUT2D eigenvalue weighted by Crippen LogP contribution is -2.06. The average Bonchev–Trinajstić information content (AvgIpc) is 2.83. The van der Waals surface area contributed by atoms with Crippen LogP contribution >= 0.6 is 11.3 Å². The first-order valence-corrected chi connectivity index (χ1v) is 6.32. The van der Waals surface area contributed by atoms with Gasteiger partial charge in [-0.3, -0.25) is 0 Å². The molecule has 4 nitrogen and oxygen atoms in total. The van der Waals surface area contributed by atoms with E-state index in [-0.39, 0.29) is 0 Å². The summed E-state index contributed by atoms with van der Waals surface area (Å²) in [7, 11) is 0. The summed E-state index contributed by atoms with van der Waals surface area (Å²) < 4.78 is 1.76. The van der Waals surface area contributed by atoms with E-state index in [1.54, 1.807) is 15.9 Å². The van der Waals surface area contributed by atoms with Crippen molar-refractivity contribution in [1.29, 1.82) is 0 Å². The molecule has 2 aromatic rings. The zero-order valence-electron chi connectivity index (χ0n) is 8.52. The zero-order chi connectivity index (χ0) is 10.3. The normalized spacial score (nSPS) is 18.7. The maximum absolute atomic E-state index is 5.79. The fourth-order valence-electron chi connectivity index (χ4n) is 2.25. The summed E-state index contributed by atoms with van der Waals surface area (Å²) >= 11 is 1.56. The summed E-state index contributed by atoms with van der Waals surface area (Å²) in [5.41, 5.74) is 5.79. The standard InChI is InChI=1S/C10H14N4S/c11-8-6-15-10-12-9(13-14(8)10)7-4-2-1-3-5-7/h6-7H,1-5,11H2. The Balaban J connectivity index is 1.96. The van der Waals surface area contributed by atoms with E-state index in [2.05, 4.69) is 10.1 Å². The molecule has 1 aliphatic carbocycles. The highest BCUT2D eigenvalue weighted by Crippen LogP contribution is 2.31. The van der Waals surface area contributed by atoms with Crippen LogP contribution in [0.1, 0.15) is 43.8 Å². The number of thiazole rings is 1. The largest absolute Gasteiger partial charge is 0.383 e. The van der Waals surface area contributed by atoms with Crippen molar-refractivity contribution in [2.45, 2.75) is 38.0 Å². The topological polar surface area (TPSA) is 56.2 Å². The van der Waals surface area contributed by atoms with Gasteiger partial charge in [0.25, 0.3) is 0 Å². The number of nitrogen functional groups attached to an aromatic ring is 1. The van der Waals surface area contributed by atoms with Crippen LogP contribution in [-0.2, 0) is 0 Å². The van der Waals surface area contributed by atoms with Crippen LogP contribution in [0.4, 0.5) is 5.82 Å². The number of nitrogens with two attached hydrogens (primary N) is 1. The third kappa shape index (κ3) is 1.51. The SMILES string of the molecule is Nc1csc2nc(C3CCCCC3)nn12. The maximum atomic E-state index is 5.79. The lowest BCUT2D eigenvalue weighted by atomic mass is 9.89. The van der Waals surface area contributed by atoms with Crippen LogP contribution in [0.25, 0.3) is 4.96 Å². The van der Waals surface area contributed by atoms with E-state index in [9.17, 15) is 0 Å². The van der Waals surface area contributed by atoms with Gasteiger partial charge < -0.3 is 5.73 Å². The average molecular weight is 222 g/mol. The molecule has 2 heterocycles. The second-order valence-corrected chi connectivity index (χ2v) is 5.00. The third-order valence-electron chi connectivity index (χ3n) is 3.09. The molecule has 1 aliphatic rings. The Labute approximate surface area is 92.1 Å². The molecule has 0 aromatic carbocycles. The highest BCUT2D eigenvalue weighted by molar-refractivity contribution is 7.15. The molecule has 0 aliphatic heterocycles. The van der Waals surface area contributed by atoms with Gasteiger partial charge in [0.2, 0.25) is 4.96 Å². The van der Waals surface area contributed by atoms with Gasteiger partial charge in [-0.1, -0.05) is 19.3 Å². The summed E-state index contributed by atoms with van der Waals surface area (Å²) in [6.45, 7) is 0. The van der Waals surface area contributed by atoms with Crippen LogP contribution in [0.5, 0.6) is 0 Å². The van der Waals surface area contributed by atoms with Gasteiger partial charge in [0.15, 0.2) is 5.82 Å². The minimum absolute atomic E-state index is 0.560. The van der Waals surface area contributed by atoms with Crippen molar-refractivity contribution in [3.05, 3.63) is 11.2 Å². The lowest BCUT2D eigenvalue weighted by molar-refractivity contribution is 0.429. The van der Waals surface area contributed by atoms with Gasteiger partial charge in [-0.05, 0) is 12.8 Å². The molecule has 0 saturated heterocycles. The van der Waals surface area contributed by atoms with Crippen molar-refractivity contribution in [2.75, 3.05) is 5.73 Å². The van der Waals surface area contributed by atoms with Crippen LogP contribution in [-0.4, -0.2) is 14.6 Å². The van der Waals surface area contributed by atoms with E-state index in [0.29, 0.717) is 11.7 Å². The number of anilines is 1. The Morgan fingerprint density at radius 1 is 1.33 bits per heavy atom. The predicted octanol–water partition coefficient (Wildman–Crippen LogP) is 2.42. The van der Waals surface area contributed by atoms with Gasteiger partial charge in [-0.2, -0.15) is 4.52 Å². The van der Waals surface area contributed by atoms with Gasteiger partial charge in [-0.25, -0.2) is 4.98 Å². The summed E-state index contributed by atoms with van der Waals surface area (Å²) in [4.78, 5) is 5.47. The molecule has 3 rings (SSSR count). The Morgan fingerprint density at radius 2 is 2.13 bits per heavy atom. The summed E-state index contributed by atoms with van der Waals surface area (Å²) in [6.07, 6.45) is 6.45. The molecule has 0 spiro atoms. The van der Waals surface area contributed by atoms with Gasteiger partial charge >= 0.3 is 0 Å². The molecule has 1 saturated carbocycles. The minimum atomic E-state index is 0.560. The molecule has 80 valence electrons. The summed E-state index contributed by atoms with van der Waals surface area (Å²) in [5.74, 6) is 2.25. The van der Waals surface area contributed by atoms with E-state index in [4.69, 9.17) is 5.73 Å². The Kier molecular flexibility index (Phi) is 2.12. The van der Waals surface area contributed by atoms with Gasteiger partial charge in [0.1, 0.15) is 5.82 Å². The molecule has 15 heavy (non-hydrogen) atoms. The van der Waals surface area contributed by atoms with E-state index in [0.717, 1.165) is 10.8 Å². The molecule has 0 amide bonds. The van der Waals surface area contributed by atoms with E-state index in [1.807, 2.05) is 5.38 Å². The number of rotatable bonds is 1. The highest BCUT2D eigenvalue weighted by atomic mass is 32.1. The van der Waals surface area contributed by atoms with Crippen LogP contribution in [0.2, 0.25) is 0 Å². The van der Waals surface area contributed by atoms with E-state index >= 15 is 0 Å². The number of hydrogen-bond donors (Lipinski definition) is 1. The Morgan fingerprint density at radius 3 is 2.87 bits per heavy atom. The smallest absolute Gasteiger partial charge is 0.214 e. The fourth-order valence-corrected chi connectivity index (χ4v) is 2.97. The quantitative estimate of drug-likeness (QED) is 0.806. The molecule has 0 unspecified atom stereocenters. The molecule has 0 atom stereocenters. The second kappa shape index (κ2) is 3.48. The highest BCUT2D eigenvalue weighted by Gasteiger charge is 2.20. The van der Waals surface area contributed by atoms with Gasteiger partial charge in [0.05, 0.1) is 0 Å². The number of hydrogen-bond acceptors (Lipinski definition) is 4.